The minimum Gasteiger partial charge on any atom is -0.491 e. The molecule has 0 fully saturated rings. The van der Waals surface area contributed by atoms with Crippen molar-refractivity contribution in [3.05, 3.63) is 58.1 Å². The summed E-state index contributed by atoms with van der Waals surface area (Å²) in [5, 5.41) is 3.14. The van der Waals surface area contributed by atoms with Gasteiger partial charge in [0, 0.05) is 10.6 Å². The largest absolute Gasteiger partial charge is 0.491 e. The fourth-order valence-electron chi connectivity index (χ4n) is 2.24. The minimum absolute atomic E-state index is 0.0741. The van der Waals surface area contributed by atoms with E-state index in [0.29, 0.717) is 22.1 Å². The molecule has 0 aliphatic heterocycles. The quantitative estimate of drug-likeness (QED) is 0.402. The van der Waals surface area contributed by atoms with Crippen LogP contribution in [0.2, 0.25) is 10.0 Å². The SMILES string of the molecule is CCC(C)Oc1ccc(C(=O)NC(=S)NNC(=O)C(C)Oc2ccc(Cl)cc2Cl)cc1. The van der Waals surface area contributed by atoms with Crippen molar-refractivity contribution < 1.29 is 19.1 Å². The summed E-state index contributed by atoms with van der Waals surface area (Å²) >= 11 is 16.9. The molecule has 2 atom stereocenters. The molecule has 0 saturated heterocycles. The van der Waals surface area contributed by atoms with E-state index in [1.807, 2.05) is 13.8 Å². The van der Waals surface area contributed by atoms with E-state index in [9.17, 15) is 9.59 Å². The Kier molecular flexibility index (Phi) is 9.36. The van der Waals surface area contributed by atoms with Crippen molar-refractivity contribution >= 4 is 52.3 Å². The molecule has 0 radical (unpaired) electrons. The first-order chi connectivity index (χ1) is 14.7. The minimum atomic E-state index is -0.886. The van der Waals surface area contributed by atoms with E-state index in [2.05, 4.69) is 16.2 Å². The van der Waals surface area contributed by atoms with Crippen LogP contribution in [0.3, 0.4) is 0 Å². The molecule has 0 saturated carbocycles. The summed E-state index contributed by atoms with van der Waals surface area (Å²) in [6.07, 6.45) is 0.0782. The molecule has 0 aliphatic rings. The fraction of sp³-hybridized carbons (Fsp3) is 0.286. The van der Waals surface area contributed by atoms with Crippen molar-refractivity contribution in [1.29, 1.82) is 0 Å². The smallest absolute Gasteiger partial charge is 0.279 e. The zero-order valence-corrected chi connectivity index (χ0v) is 19.5. The van der Waals surface area contributed by atoms with Crippen molar-refractivity contribution in [2.45, 2.75) is 39.4 Å². The van der Waals surface area contributed by atoms with Gasteiger partial charge in [0.25, 0.3) is 11.8 Å². The predicted molar refractivity (Wildman–Crippen MR) is 125 cm³/mol. The van der Waals surface area contributed by atoms with Gasteiger partial charge in [-0.15, -0.1) is 0 Å². The summed E-state index contributed by atoms with van der Waals surface area (Å²) in [6.45, 7) is 5.53. The highest BCUT2D eigenvalue weighted by Gasteiger charge is 2.17. The van der Waals surface area contributed by atoms with Gasteiger partial charge < -0.3 is 9.47 Å². The number of hydrogen-bond acceptors (Lipinski definition) is 5. The van der Waals surface area contributed by atoms with E-state index >= 15 is 0 Å². The van der Waals surface area contributed by atoms with Crippen molar-refractivity contribution in [3.63, 3.8) is 0 Å². The number of amides is 2. The molecule has 0 heterocycles. The third-order valence-electron chi connectivity index (χ3n) is 4.12. The molecular formula is C21H23Cl2N3O4S. The number of carbonyl (C=O) groups excluding carboxylic acids is 2. The predicted octanol–water partition coefficient (Wildman–Crippen LogP) is 4.27. The van der Waals surface area contributed by atoms with Crippen LogP contribution in [0.1, 0.15) is 37.6 Å². The van der Waals surface area contributed by atoms with Crippen LogP contribution < -0.4 is 25.6 Å². The average molecular weight is 484 g/mol. The van der Waals surface area contributed by atoms with Gasteiger partial charge in [0.15, 0.2) is 11.2 Å². The Balaban J connectivity index is 1.81. The number of carbonyl (C=O) groups is 2. The van der Waals surface area contributed by atoms with Gasteiger partial charge in [0.1, 0.15) is 11.5 Å². The highest BCUT2D eigenvalue weighted by Crippen LogP contribution is 2.28. The second-order valence-corrected chi connectivity index (χ2v) is 7.85. The number of benzene rings is 2. The van der Waals surface area contributed by atoms with Gasteiger partial charge in [-0.05, 0) is 75.0 Å². The monoisotopic (exact) mass is 483 g/mol. The highest BCUT2D eigenvalue weighted by molar-refractivity contribution is 7.80. The van der Waals surface area contributed by atoms with Crippen molar-refractivity contribution in [3.8, 4) is 11.5 Å². The molecule has 0 bridgehead atoms. The lowest BCUT2D eigenvalue weighted by Gasteiger charge is -2.17. The van der Waals surface area contributed by atoms with Gasteiger partial charge in [-0.25, -0.2) is 0 Å². The Morgan fingerprint density at radius 2 is 1.71 bits per heavy atom. The number of hydrazine groups is 1. The molecule has 0 spiro atoms. The Morgan fingerprint density at radius 1 is 1.03 bits per heavy atom. The molecule has 7 nitrogen and oxygen atoms in total. The lowest BCUT2D eigenvalue weighted by Crippen LogP contribution is -2.51. The Morgan fingerprint density at radius 3 is 2.32 bits per heavy atom. The van der Waals surface area contributed by atoms with Crippen molar-refractivity contribution in [2.24, 2.45) is 0 Å². The third kappa shape index (κ3) is 7.90. The first kappa shape index (κ1) is 24.7. The molecule has 31 heavy (non-hydrogen) atoms. The molecule has 2 aromatic carbocycles. The topological polar surface area (TPSA) is 88.7 Å². The molecule has 0 aromatic heterocycles. The molecular weight excluding hydrogens is 461 g/mol. The molecule has 2 unspecified atom stereocenters. The second-order valence-electron chi connectivity index (χ2n) is 6.59. The molecule has 10 heteroatoms. The lowest BCUT2D eigenvalue weighted by atomic mass is 10.2. The summed E-state index contributed by atoms with van der Waals surface area (Å²) in [4.78, 5) is 24.5. The molecule has 3 N–H and O–H groups in total. The van der Waals surface area contributed by atoms with Crippen LogP contribution >= 0.6 is 35.4 Å². The normalized spacial score (nSPS) is 12.3. The number of nitrogens with one attached hydrogen (secondary N) is 3. The van der Waals surface area contributed by atoms with Gasteiger partial charge in [-0.2, -0.15) is 0 Å². The van der Waals surface area contributed by atoms with E-state index in [1.165, 1.54) is 13.0 Å². The summed E-state index contributed by atoms with van der Waals surface area (Å²) in [5.74, 6) is 0.0345. The highest BCUT2D eigenvalue weighted by atomic mass is 35.5. The number of hydrogen-bond donors (Lipinski definition) is 3. The van der Waals surface area contributed by atoms with Crippen LogP contribution in [0.5, 0.6) is 11.5 Å². The number of thiocarbonyl (C=S) groups is 1. The van der Waals surface area contributed by atoms with E-state index in [-0.39, 0.29) is 16.2 Å². The van der Waals surface area contributed by atoms with E-state index in [1.54, 1.807) is 36.4 Å². The number of rotatable bonds is 7. The van der Waals surface area contributed by atoms with Crippen molar-refractivity contribution in [2.75, 3.05) is 0 Å². The molecule has 2 amide bonds. The summed E-state index contributed by atoms with van der Waals surface area (Å²) < 4.78 is 11.2. The third-order valence-corrected chi connectivity index (χ3v) is 4.86. The second kappa shape index (κ2) is 11.7. The van der Waals surface area contributed by atoms with E-state index in [0.717, 1.165) is 6.42 Å². The van der Waals surface area contributed by atoms with E-state index < -0.39 is 17.9 Å². The number of halogens is 2. The lowest BCUT2D eigenvalue weighted by molar-refractivity contribution is -0.127. The van der Waals surface area contributed by atoms with Crippen LogP contribution in [0.4, 0.5) is 0 Å². The first-order valence-electron chi connectivity index (χ1n) is 9.49. The van der Waals surface area contributed by atoms with Crippen LogP contribution in [0.25, 0.3) is 0 Å². The maximum absolute atomic E-state index is 12.3. The molecule has 0 aliphatic carbocycles. The van der Waals surface area contributed by atoms with Gasteiger partial charge in [0.05, 0.1) is 11.1 Å². The first-order valence-corrected chi connectivity index (χ1v) is 10.7. The van der Waals surface area contributed by atoms with Crippen LogP contribution in [0, 0.1) is 0 Å². The van der Waals surface area contributed by atoms with Crippen molar-refractivity contribution in [1.82, 2.24) is 16.2 Å². The Hall–Kier alpha value is -2.55. The fourth-order valence-corrected chi connectivity index (χ4v) is 2.84. The van der Waals surface area contributed by atoms with Gasteiger partial charge in [0.2, 0.25) is 0 Å². The van der Waals surface area contributed by atoms with Crippen LogP contribution in [0.15, 0.2) is 42.5 Å². The molecule has 2 aromatic rings. The summed E-state index contributed by atoms with van der Waals surface area (Å²) in [6, 6.07) is 11.3. The van der Waals surface area contributed by atoms with Gasteiger partial charge >= 0.3 is 0 Å². The summed E-state index contributed by atoms with van der Waals surface area (Å²) in [5.41, 5.74) is 5.22. The zero-order chi connectivity index (χ0) is 23.0. The molecule has 2 rings (SSSR count). The maximum Gasteiger partial charge on any atom is 0.279 e. The van der Waals surface area contributed by atoms with E-state index in [4.69, 9.17) is 44.9 Å². The zero-order valence-electron chi connectivity index (χ0n) is 17.2. The standard InChI is InChI=1S/C21H23Cl2N3O4S/c1-4-12(2)29-16-8-5-14(6-9-16)20(28)24-21(31)26-25-19(27)13(3)30-18-10-7-15(22)11-17(18)23/h5-13H,4H2,1-3H3,(H,25,27)(H2,24,26,28,31). The molecule has 166 valence electrons. The number of ether oxygens (including phenoxy) is 2. The van der Waals surface area contributed by atoms with Gasteiger partial charge in [-0.1, -0.05) is 30.1 Å². The summed E-state index contributed by atoms with van der Waals surface area (Å²) in [7, 11) is 0. The van der Waals surface area contributed by atoms with Gasteiger partial charge in [-0.3, -0.25) is 25.8 Å². The Labute approximate surface area is 196 Å². The average Bonchev–Trinajstić information content (AvgIpc) is 2.74. The van der Waals surface area contributed by atoms with Crippen LogP contribution in [-0.4, -0.2) is 29.1 Å². The maximum atomic E-state index is 12.3. The Bertz CT molecular complexity index is 941. The van der Waals surface area contributed by atoms with Crippen LogP contribution in [-0.2, 0) is 4.79 Å².